The standard InChI is InChI=1S/C30H30ClN3O3/c1-3-4-8-15-37-22-13-11-21(12-14-22)29-26-27(23-17-24(31)19(2)16-25(23)35)32-33-28(26)30(36)34(29)18-20-9-6-5-7-10-20/h5-7,9-14,16-17,29,35H,3-4,8,15,18H2,1-2H3,(H,32,33). The summed E-state index contributed by atoms with van der Waals surface area (Å²) in [4.78, 5) is 15.5. The molecule has 1 aliphatic rings. The topological polar surface area (TPSA) is 78.5 Å². The van der Waals surface area contributed by atoms with Crippen molar-refractivity contribution in [2.24, 2.45) is 0 Å². The number of fused-ring (bicyclic) bond motifs is 1. The van der Waals surface area contributed by atoms with E-state index in [-0.39, 0.29) is 11.7 Å². The molecule has 1 atom stereocenters. The number of halogens is 1. The molecule has 1 aliphatic heterocycles. The Hall–Kier alpha value is -3.77. The van der Waals surface area contributed by atoms with Crippen molar-refractivity contribution in [1.29, 1.82) is 0 Å². The zero-order chi connectivity index (χ0) is 25.9. The van der Waals surface area contributed by atoms with Crippen molar-refractivity contribution in [2.45, 2.75) is 45.7 Å². The van der Waals surface area contributed by atoms with Gasteiger partial charge < -0.3 is 14.7 Å². The maximum absolute atomic E-state index is 13.6. The van der Waals surface area contributed by atoms with Crippen molar-refractivity contribution in [3.63, 3.8) is 0 Å². The number of unbranched alkanes of at least 4 members (excludes halogenated alkanes) is 2. The van der Waals surface area contributed by atoms with E-state index in [9.17, 15) is 9.90 Å². The molecular weight excluding hydrogens is 486 g/mol. The molecule has 0 spiro atoms. The number of nitrogens with one attached hydrogen (secondary N) is 1. The fourth-order valence-electron chi connectivity index (χ4n) is 4.84. The molecule has 2 heterocycles. The number of amides is 1. The molecule has 37 heavy (non-hydrogen) atoms. The van der Waals surface area contributed by atoms with Crippen molar-refractivity contribution in [3.05, 3.63) is 99.7 Å². The van der Waals surface area contributed by atoms with E-state index in [1.54, 1.807) is 12.1 Å². The third kappa shape index (κ3) is 4.94. The van der Waals surface area contributed by atoms with Crippen LogP contribution in [0.5, 0.6) is 11.5 Å². The number of phenolic OH excluding ortho intramolecular Hbond substituents is 1. The Bertz CT molecular complexity index is 1400. The van der Waals surface area contributed by atoms with Gasteiger partial charge >= 0.3 is 0 Å². The summed E-state index contributed by atoms with van der Waals surface area (Å²) in [5, 5.41) is 18.7. The van der Waals surface area contributed by atoms with Crippen LogP contribution in [0, 0.1) is 6.92 Å². The van der Waals surface area contributed by atoms with Gasteiger partial charge in [-0.2, -0.15) is 5.10 Å². The number of hydrogen-bond donors (Lipinski definition) is 2. The first-order valence-electron chi connectivity index (χ1n) is 12.6. The number of carbonyl (C=O) groups is 1. The number of ether oxygens (including phenoxy) is 1. The van der Waals surface area contributed by atoms with Gasteiger partial charge in [0.25, 0.3) is 5.91 Å². The van der Waals surface area contributed by atoms with Gasteiger partial charge in [0.15, 0.2) is 0 Å². The number of benzene rings is 3. The molecular formula is C30H30ClN3O3. The minimum absolute atomic E-state index is 0.0692. The number of aryl methyl sites for hydroxylation is 1. The Balaban J connectivity index is 1.55. The Labute approximate surface area is 221 Å². The van der Waals surface area contributed by atoms with Crippen LogP contribution >= 0.6 is 11.6 Å². The molecule has 7 heteroatoms. The molecule has 4 aromatic rings. The van der Waals surface area contributed by atoms with Gasteiger partial charge in [0.05, 0.1) is 12.6 Å². The molecule has 1 aromatic heterocycles. The Morgan fingerprint density at radius 3 is 2.57 bits per heavy atom. The zero-order valence-electron chi connectivity index (χ0n) is 21.0. The number of rotatable bonds is 9. The summed E-state index contributed by atoms with van der Waals surface area (Å²) in [6.45, 7) is 5.11. The van der Waals surface area contributed by atoms with Crippen molar-refractivity contribution in [3.8, 4) is 22.8 Å². The predicted molar refractivity (Wildman–Crippen MR) is 145 cm³/mol. The van der Waals surface area contributed by atoms with Gasteiger partial charge in [0.2, 0.25) is 0 Å². The van der Waals surface area contributed by atoms with Crippen LogP contribution < -0.4 is 4.74 Å². The van der Waals surface area contributed by atoms with Crippen LogP contribution in [0.25, 0.3) is 11.3 Å². The smallest absolute Gasteiger partial charge is 0.273 e. The summed E-state index contributed by atoms with van der Waals surface area (Å²) >= 11 is 6.41. The molecule has 2 N–H and O–H groups in total. The summed E-state index contributed by atoms with van der Waals surface area (Å²) in [5.41, 5.74) is 4.89. The van der Waals surface area contributed by atoms with Crippen LogP contribution in [0.2, 0.25) is 5.02 Å². The van der Waals surface area contributed by atoms with Gasteiger partial charge in [-0.25, -0.2) is 0 Å². The third-order valence-corrected chi connectivity index (χ3v) is 7.21. The normalized spacial score (nSPS) is 14.7. The Morgan fingerprint density at radius 2 is 1.84 bits per heavy atom. The average Bonchev–Trinajstić information content (AvgIpc) is 3.44. The number of aromatic amines is 1. The highest BCUT2D eigenvalue weighted by Crippen LogP contribution is 2.46. The lowest BCUT2D eigenvalue weighted by atomic mass is 9.95. The number of aromatic hydroxyl groups is 1. The minimum atomic E-state index is -0.398. The van der Waals surface area contributed by atoms with Crippen molar-refractivity contribution in [1.82, 2.24) is 15.1 Å². The minimum Gasteiger partial charge on any atom is -0.507 e. The maximum Gasteiger partial charge on any atom is 0.273 e. The first kappa shape index (κ1) is 24.9. The number of hydrogen-bond acceptors (Lipinski definition) is 4. The lowest BCUT2D eigenvalue weighted by molar-refractivity contribution is 0.0730. The quantitative estimate of drug-likeness (QED) is 0.234. The molecule has 0 aliphatic carbocycles. The molecule has 5 rings (SSSR count). The summed E-state index contributed by atoms with van der Waals surface area (Å²) < 4.78 is 5.91. The van der Waals surface area contributed by atoms with Crippen molar-refractivity contribution < 1.29 is 14.6 Å². The van der Waals surface area contributed by atoms with E-state index in [2.05, 4.69) is 17.1 Å². The van der Waals surface area contributed by atoms with Gasteiger partial charge in [0.1, 0.15) is 22.9 Å². The highest BCUT2D eigenvalue weighted by atomic mass is 35.5. The predicted octanol–water partition coefficient (Wildman–Crippen LogP) is 7.06. The molecule has 1 unspecified atom stereocenters. The maximum atomic E-state index is 13.6. The summed E-state index contributed by atoms with van der Waals surface area (Å²) in [6.07, 6.45) is 3.30. The Morgan fingerprint density at radius 1 is 1.08 bits per heavy atom. The highest BCUT2D eigenvalue weighted by molar-refractivity contribution is 6.31. The lowest BCUT2D eigenvalue weighted by Gasteiger charge is -2.27. The molecule has 0 bridgehead atoms. The number of H-pyrrole nitrogens is 1. The van der Waals surface area contributed by atoms with E-state index >= 15 is 0 Å². The number of aromatic nitrogens is 2. The second-order valence-corrected chi connectivity index (χ2v) is 9.83. The number of phenols is 1. The van der Waals surface area contributed by atoms with Crippen LogP contribution in [0.15, 0.2) is 66.7 Å². The average molecular weight is 516 g/mol. The SMILES string of the molecule is CCCCCOc1ccc(C2c3c(-c4cc(Cl)c(C)cc4O)n[nH]c3C(=O)N2Cc2ccccc2)cc1. The van der Waals surface area contributed by atoms with Crippen LogP contribution in [-0.2, 0) is 6.54 Å². The number of carbonyl (C=O) groups excluding carboxylic acids is 1. The van der Waals surface area contributed by atoms with Gasteiger partial charge in [0, 0.05) is 22.7 Å². The van der Waals surface area contributed by atoms with E-state index in [1.165, 1.54) is 0 Å². The first-order chi connectivity index (χ1) is 18.0. The second kappa shape index (κ2) is 10.7. The lowest BCUT2D eigenvalue weighted by Crippen LogP contribution is -2.29. The molecule has 3 aromatic carbocycles. The van der Waals surface area contributed by atoms with Crippen LogP contribution in [0.4, 0.5) is 0 Å². The largest absolute Gasteiger partial charge is 0.507 e. The Kier molecular flexibility index (Phi) is 7.19. The highest BCUT2D eigenvalue weighted by Gasteiger charge is 2.42. The fourth-order valence-corrected chi connectivity index (χ4v) is 5.00. The first-order valence-corrected chi connectivity index (χ1v) is 13.0. The van der Waals surface area contributed by atoms with Gasteiger partial charge in [-0.15, -0.1) is 0 Å². The molecule has 0 radical (unpaired) electrons. The third-order valence-electron chi connectivity index (χ3n) is 6.80. The summed E-state index contributed by atoms with van der Waals surface area (Å²) in [6, 6.07) is 20.7. The van der Waals surface area contributed by atoms with Crippen molar-refractivity contribution in [2.75, 3.05) is 6.61 Å². The van der Waals surface area contributed by atoms with Crippen LogP contribution in [0.3, 0.4) is 0 Å². The second-order valence-electron chi connectivity index (χ2n) is 9.43. The van der Waals surface area contributed by atoms with E-state index in [0.29, 0.717) is 35.1 Å². The van der Waals surface area contributed by atoms with Crippen LogP contribution in [0.1, 0.15) is 65.0 Å². The number of nitrogens with zero attached hydrogens (tertiary/aromatic N) is 2. The summed E-state index contributed by atoms with van der Waals surface area (Å²) in [7, 11) is 0. The fraction of sp³-hybridized carbons (Fsp3) is 0.267. The molecule has 6 nitrogen and oxygen atoms in total. The molecule has 0 saturated carbocycles. The molecule has 0 saturated heterocycles. The van der Waals surface area contributed by atoms with E-state index in [0.717, 1.165) is 47.3 Å². The van der Waals surface area contributed by atoms with Crippen molar-refractivity contribution >= 4 is 17.5 Å². The zero-order valence-corrected chi connectivity index (χ0v) is 21.8. The summed E-state index contributed by atoms with van der Waals surface area (Å²) in [5.74, 6) is 0.731. The molecule has 190 valence electrons. The molecule has 1 amide bonds. The van der Waals surface area contributed by atoms with E-state index in [4.69, 9.17) is 16.3 Å². The van der Waals surface area contributed by atoms with Gasteiger partial charge in [-0.3, -0.25) is 9.89 Å². The van der Waals surface area contributed by atoms with E-state index < -0.39 is 6.04 Å². The van der Waals surface area contributed by atoms with Crippen LogP contribution in [-0.4, -0.2) is 32.7 Å². The monoisotopic (exact) mass is 515 g/mol. The van der Waals surface area contributed by atoms with Gasteiger partial charge in [-0.1, -0.05) is 73.8 Å². The van der Waals surface area contributed by atoms with E-state index in [1.807, 2.05) is 66.4 Å². The van der Waals surface area contributed by atoms with Gasteiger partial charge in [-0.05, 0) is 54.3 Å². The molecule has 0 fully saturated rings.